The van der Waals surface area contributed by atoms with Crippen molar-refractivity contribution in [3.63, 3.8) is 0 Å². The molecule has 138 valence electrons. The Hall–Kier alpha value is -2.24. The summed E-state index contributed by atoms with van der Waals surface area (Å²) in [6.07, 6.45) is 0.701. The van der Waals surface area contributed by atoms with Crippen LogP contribution in [0.1, 0.15) is 33.6 Å². The molecule has 1 aliphatic heterocycles. The highest BCUT2D eigenvalue weighted by molar-refractivity contribution is 5.86. The molecule has 0 bridgehead atoms. The van der Waals surface area contributed by atoms with Crippen molar-refractivity contribution >= 4 is 17.9 Å². The molecule has 0 spiro atoms. The molecule has 1 fully saturated rings. The minimum atomic E-state index is -0.368. The van der Waals surface area contributed by atoms with Crippen LogP contribution in [-0.4, -0.2) is 49.4 Å². The van der Waals surface area contributed by atoms with E-state index >= 15 is 0 Å². The maximum absolute atomic E-state index is 12.2. The minimum absolute atomic E-state index is 0.111. The fourth-order valence-corrected chi connectivity index (χ4v) is 2.99. The van der Waals surface area contributed by atoms with Gasteiger partial charge in [-0.3, -0.25) is 4.90 Å². The Morgan fingerprint density at radius 3 is 2.52 bits per heavy atom. The van der Waals surface area contributed by atoms with Gasteiger partial charge in [-0.15, -0.1) is 0 Å². The van der Waals surface area contributed by atoms with E-state index in [-0.39, 0.29) is 24.4 Å². The van der Waals surface area contributed by atoms with Gasteiger partial charge in [0.15, 0.2) is 0 Å². The number of benzene rings is 1. The molecule has 25 heavy (non-hydrogen) atoms. The summed E-state index contributed by atoms with van der Waals surface area (Å²) < 4.78 is 10.8. The Morgan fingerprint density at radius 2 is 1.88 bits per heavy atom. The summed E-state index contributed by atoms with van der Waals surface area (Å²) in [7, 11) is 1.70. The third-order valence-corrected chi connectivity index (χ3v) is 4.27. The van der Waals surface area contributed by atoms with E-state index in [1.54, 1.807) is 11.9 Å². The van der Waals surface area contributed by atoms with Gasteiger partial charge in [-0.05, 0) is 51.7 Å². The Kier molecular flexibility index (Phi) is 6.67. The summed E-state index contributed by atoms with van der Waals surface area (Å²) in [4.78, 5) is 27.4. The van der Waals surface area contributed by atoms with E-state index in [1.165, 1.54) is 4.90 Å². The molecular formula is C19H28N2O4. The van der Waals surface area contributed by atoms with Crippen molar-refractivity contribution in [3.8, 4) is 0 Å². The van der Waals surface area contributed by atoms with Gasteiger partial charge in [0.25, 0.3) is 0 Å². The molecule has 6 nitrogen and oxygen atoms in total. The van der Waals surface area contributed by atoms with Gasteiger partial charge < -0.3 is 14.4 Å². The first-order valence-corrected chi connectivity index (χ1v) is 8.81. The summed E-state index contributed by atoms with van der Waals surface area (Å²) in [6, 6.07) is 9.39. The van der Waals surface area contributed by atoms with Crippen molar-refractivity contribution in [2.24, 2.45) is 5.92 Å². The maximum atomic E-state index is 12.2. The molecule has 1 aliphatic rings. The summed E-state index contributed by atoms with van der Waals surface area (Å²) in [5.74, 6) is 0.324. The van der Waals surface area contributed by atoms with Crippen LogP contribution in [-0.2, 0) is 9.47 Å². The van der Waals surface area contributed by atoms with E-state index < -0.39 is 0 Å². The number of rotatable bonds is 5. The van der Waals surface area contributed by atoms with E-state index in [0.29, 0.717) is 19.0 Å². The predicted octanol–water partition coefficient (Wildman–Crippen LogP) is 3.90. The van der Waals surface area contributed by atoms with Crippen LogP contribution in [0.2, 0.25) is 0 Å². The SMILES string of the molecule is CC(C)OC(=O)N1CCC(CC(C)OC(=O)N(C)c2ccccc2)C1. The van der Waals surface area contributed by atoms with Crippen LogP contribution in [0.3, 0.4) is 0 Å². The van der Waals surface area contributed by atoms with Crippen LogP contribution < -0.4 is 4.90 Å². The Bertz CT molecular complexity index is 576. The lowest BCUT2D eigenvalue weighted by atomic mass is 10.0. The van der Waals surface area contributed by atoms with Gasteiger partial charge in [0.2, 0.25) is 0 Å². The van der Waals surface area contributed by atoms with Crippen molar-refractivity contribution < 1.29 is 19.1 Å². The van der Waals surface area contributed by atoms with Gasteiger partial charge >= 0.3 is 12.2 Å². The molecule has 0 saturated carbocycles. The zero-order valence-corrected chi connectivity index (χ0v) is 15.5. The fraction of sp³-hybridized carbons (Fsp3) is 0.579. The number of para-hydroxylation sites is 1. The summed E-state index contributed by atoms with van der Waals surface area (Å²) in [6.45, 7) is 6.93. The van der Waals surface area contributed by atoms with Gasteiger partial charge in [0, 0.05) is 25.8 Å². The van der Waals surface area contributed by atoms with Gasteiger partial charge in [0.05, 0.1) is 6.10 Å². The number of carbonyl (C=O) groups excluding carboxylic acids is 2. The highest BCUT2D eigenvalue weighted by Crippen LogP contribution is 2.23. The lowest BCUT2D eigenvalue weighted by Gasteiger charge is -2.22. The second-order valence-corrected chi connectivity index (χ2v) is 6.86. The standard InChI is InChI=1S/C19H28N2O4/c1-14(2)24-19(23)21-11-10-16(13-21)12-15(3)25-18(22)20(4)17-8-6-5-7-9-17/h5-9,14-16H,10-13H2,1-4H3. The first-order chi connectivity index (χ1) is 11.9. The normalized spacial score (nSPS) is 18.1. The Morgan fingerprint density at radius 1 is 1.20 bits per heavy atom. The van der Waals surface area contributed by atoms with Crippen LogP contribution >= 0.6 is 0 Å². The lowest BCUT2D eigenvalue weighted by molar-refractivity contribution is 0.0790. The van der Waals surface area contributed by atoms with Crippen LogP contribution in [0, 0.1) is 5.92 Å². The average molecular weight is 348 g/mol. The molecule has 2 amide bonds. The average Bonchev–Trinajstić information content (AvgIpc) is 3.02. The molecule has 1 heterocycles. The quantitative estimate of drug-likeness (QED) is 0.809. The van der Waals surface area contributed by atoms with Crippen LogP contribution in [0.4, 0.5) is 15.3 Å². The topological polar surface area (TPSA) is 59.1 Å². The second kappa shape index (κ2) is 8.74. The lowest BCUT2D eigenvalue weighted by Crippen LogP contribution is -2.32. The molecule has 6 heteroatoms. The Balaban J connectivity index is 1.78. The number of ether oxygens (including phenoxy) is 2. The van der Waals surface area contributed by atoms with E-state index in [1.807, 2.05) is 51.1 Å². The number of hydrogen-bond donors (Lipinski definition) is 0. The van der Waals surface area contributed by atoms with Gasteiger partial charge in [0.1, 0.15) is 6.10 Å². The summed E-state index contributed by atoms with van der Waals surface area (Å²) in [5, 5.41) is 0. The van der Waals surface area contributed by atoms with Crippen molar-refractivity contribution in [3.05, 3.63) is 30.3 Å². The number of carbonyl (C=O) groups is 2. The molecule has 2 unspecified atom stereocenters. The smallest absolute Gasteiger partial charge is 0.414 e. The van der Waals surface area contributed by atoms with Crippen LogP contribution in [0.15, 0.2) is 30.3 Å². The van der Waals surface area contributed by atoms with Gasteiger partial charge in [-0.1, -0.05) is 18.2 Å². The fourth-order valence-electron chi connectivity index (χ4n) is 2.99. The van der Waals surface area contributed by atoms with E-state index in [4.69, 9.17) is 9.47 Å². The highest BCUT2D eigenvalue weighted by atomic mass is 16.6. The molecule has 0 aliphatic carbocycles. The van der Waals surface area contributed by atoms with Crippen LogP contribution in [0.25, 0.3) is 0 Å². The second-order valence-electron chi connectivity index (χ2n) is 6.86. The van der Waals surface area contributed by atoms with Crippen molar-refractivity contribution in [1.29, 1.82) is 0 Å². The number of amides is 2. The van der Waals surface area contributed by atoms with E-state index in [0.717, 1.165) is 18.5 Å². The number of likely N-dealkylation sites (tertiary alicyclic amines) is 1. The first kappa shape index (κ1) is 19.1. The molecule has 0 radical (unpaired) electrons. The molecular weight excluding hydrogens is 320 g/mol. The minimum Gasteiger partial charge on any atom is -0.447 e. The third-order valence-electron chi connectivity index (χ3n) is 4.27. The monoisotopic (exact) mass is 348 g/mol. The van der Waals surface area contributed by atoms with E-state index in [9.17, 15) is 9.59 Å². The first-order valence-electron chi connectivity index (χ1n) is 8.81. The number of anilines is 1. The number of nitrogens with zero attached hydrogens (tertiary/aromatic N) is 2. The van der Waals surface area contributed by atoms with Crippen LogP contribution in [0.5, 0.6) is 0 Å². The molecule has 1 aromatic rings. The van der Waals surface area contributed by atoms with Gasteiger partial charge in [-0.2, -0.15) is 0 Å². The van der Waals surface area contributed by atoms with Crippen molar-refractivity contribution in [1.82, 2.24) is 4.90 Å². The molecule has 1 aromatic carbocycles. The molecule has 0 N–H and O–H groups in total. The highest BCUT2D eigenvalue weighted by Gasteiger charge is 2.29. The largest absolute Gasteiger partial charge is 0.447 e. The summed E-state index contributed by atoms with van der Waals surface area (Å²) >= 11 is 0. The van der Waals surface area contributed by atoms with Gasteiger partial charge in [-0.25, -0.2) is 9.59 Å². The van der Waals surface area contributed by atoms with Crippen molar-refractivity contribution in [2.45, 2.75) is 45.8 Å². The zero-order valence-electron chi connectivity index (χ0n) is 15.5. The van der Waals surface area contributed by atoms with Crippen molar-refractivity contribution in [2.75, 3.05) is 25.0 Å². The maximum Gasteiger partial charge on any atom is 0.414 e. The zero-order chi connectivity index (χ0) is 18.4. The summed E-state index contributed by atoms with van der Waals surface area (Å²) in [5.41, 5.74) is 0.795. The predicted molar refractivity (Wildman–Crippen MR) is 96.7 cm³/mol. The molecule has 2 atom stereocenters. The third kappa shape index (κ3) is 5.66. The number of hydrogen-bond acceptors (Lipinski definition) is 4. The van der Waals surface area contributed by atoms with E-state index in [2.05, 4.69) is 0 Å². The molecule has 1 saturated heterocycles. The Labute approximate surface area is 149 Å². The molecule has 0 aromatic heterocycles. The molecule has 2 rings (SSSR count).